The summed E-state index contributed by atoms with van der Waals surface area (Å²) in [6.07, 6.45) is 6.29. The van der Waals surface area contributed by atoms with Gasteiger partial charge in [-0.25, -0.2) is 4.79 Å². The van der Waals surface area contributed by atoms with Crippen molar-refractivity contribution >= 4 is 23.8 Å². The van der Waals surface area contributed by atoms with Gasteiger partial charge in [0.05, 0.1) is 0 Å². The smallest absolute Gasteiger partial charge is 0.325 e. The summed E-state index contributed by atoms with van der Waals surface area (Å²) in [7, 11) is 0. The first-order valence-corrected chi connectivity index (χ1v) is 7.19. The van der Waals surface area contributed by atoms with E-state index in [4.69, 9.17) is 5.73 Å². The maximum absolute atomic E-state index is 11.9. The van der Waals surface area contributed by atoms with E-state index in [-0.39, 0.29) is 12.6 Å². The second kappa shape index (κ2) is 6.55. The summed E-state index contributed by atoms with van der Waals surface area (Å²) < 4.78 is 0. The normalized spacial score (nSPS) is 23.6. The summed E-state index contributed by atoms with van der Waals surface area (Å²) in [6, 6.07) is -2.05. The molecule has 0 aromatic carbocycles. The van der Waals surface area contributed by atoms with Crippen LogP contribution in [0.3, 0.4) is 0 Å². The Hall–Kier alpha value is -2.12. The van der Waals surface area contributed by atoms with E-state index in [2.05, 4.69) is 10.6 Å². The van der Waals surface area contributed by atoms with Gasteiger partial charge in [-0.1, -0.05) is 25.7 Å². The van der Waals surface area contributed by atoms with Crippen LogP contribution < -0.4 is 16.4 Å². The quantitative estimate of drug-likeness (QED) is 0.358. The van der Waals surface area contributed by atoms with Gasteiger partial charge in [-0.3, -0.25) is 19.3 Å². The first kappa shape index (κ1) is 15.3. The van der Waals surface area contributed by atoms with E-state index in [1.165, 1.54) is 12.8 Å². The minimum atomic E-state index is -1.37. The number of nitrogens with one attached hydrogen (secondary N) is 2. The van der Waals surface area contributed by atoms with Gasteiger partial charge in [-0.15, -0.1) is 0 Å². The minimum Gasteiger partial charge on any atom is -0.367 e. The lowest BCUT2D eigenvalue weighted by atomic mass is 10.1. The van der Waals surface area contributed by atoms with Crippen LogP contribution in [-0.2, 0) is 14.4 Å². The number of urea groups is 1. The van der Waals surface area contributed by atoms with Crippen molar-refractivity contribution in [1.29, 1.82) is 0 Å². The van der Waals surface area contributed by atoms with Crippen LogP contribution in [0.5, 0.6) is 0 Å². The molecule has 1 unspecified atom stereocenters. The third-order valence-corrected chi connectivity index (χ3v) is 3.83. The van der Waals surface area contributed by atoms with Crippen LogP contribution in [0.15, 0.2) is 0 Å². The number of hydrogen-bond acceptors (Lipinski definition) is 4. The predicted octanol–water partition coefficient (Wildman–Crippen LogP) is -0.769. The van der Waals surface area contributed by atoms with Crippen molar-refractivity contribution in [2.75, 3.05) is 6.54 Å². The Labute approximate surface area is 122 Å². The molecule has 5 amide bonds. The van der Waals surface area contributed by atoms with Gasteiger partial charge in [0.1, 0.15) is 6.54 Å². The molecule has 1 aliphatic carbocycles. The van der Waals surface area contributed by atoms with Gasteiger partial charge in [-0.2, -0.15) is 0 Å². The SMILES string of the molecule is NC(=O)C1NC(=O)N(CC(=O)NC2CCCCCC2)C1=O. The molecule has 4 N–H and O–H groups in total. The average Bonchev–Trinajstić information content (AvgIpc) is 2.61. The maximum Gasteiger partial charge on any atom is 0.325 e. The van der Waals surface area contributed by atoms with Crippen LogP contribution >= 0.6 is 0 Å². The molecule has 0 bridgehead atoms. The zero-order valence-corrected chi connectivity index (χ0v) is 11.8. The number of nitrogens with two attached hydrogens (primary N) is 1. The first-order valence-electron chi connectivity index (χ1n) is 7.19. The highest BCUT2D eigenvalue weighted by atomic mass is 16.2. The van der Waals surface area contributed by atoms with Crippen molar-refractivity contribution in [1.82, 2.24) is 15.5 Å². The highest BCUT2D eigenvalue weighted by molar-refractivity contribution is 6.16. The van der Waals surface area contributed by atoms with Crippen LogP contribution in [0.2, 0.25) is 0 Å². The van der Waals surface area contributed by atoms with Gasteiger partial charge in [0.2, 0.25) is 11.8 Å². The van der Waals surface area contributed by atoms with Crippen LogP contribution in [-0.4, -0.2) is 47.3 Å². The van der Waals surface area contributed by atoms with Crippen LogP contribution in [0.1, 0.15) is 38.5 Å². The molecule has 0 aromatic heterocycles. The number of carbonyl (C=O) groups excluding carboxylic acids is 4. The second-order valence-corrected chi connectivity index (χ2v) is 5.47. The molecule has 1 atom stereocenters. The van der Waals surface area contributed by atoms with Crippen molar-refractivity contribution in [2.24, 2.45) is 5.73 Å². The van der Waals surface area contributed by atoms with Crippen LogP contribution in [0.4, 0.5) is 4.79 Å². The highest BCUT2D eigenvalue weighted by Gasteiger charge is 2.42. The summed E-state index contributed by atoms with van der Waals surface area (Å²) in [5.74, 6) is -2.10. The third-order valence-electron chi connectivity index (χ3n) is 3.83. The Balaban J connectivity index is 1.88. The molecule has 8 heteroatoms. The van der Waals surface area contributed by atoms with Crippen molar-refractivity contribution < 1.29 is 19.2 Å². The summed E-state index contributed by atoms with van der Waals surface area (Å²) >= 11 is 0. The molecule has 2 fully saturated rings. The molecular weight excluding hydrogens is 276 g/mol. The molecule has 1 aliphatic heterocycles. The van der Waals surface area contributed by atoms with Gasteiger partial charge < -0.3 is 16.4 Å². The molecule has 21 heavy (non-hydrogen) atoms. The molecule has 0 spiro atoms. The van der Waals surface area contributed by atoms with Crippen molar-refractivity contribution in [3.63, 3.8) is 0 Å². The van der Waals surface area contributed by atoms with Gasteiger partial charge in [0, 0.05) is 6.04 Å². The molecule has 0 aromatic rings. The van der Waals surface area contributed by atoms with Crippen molar-refractivity contribution in [3.8, 4) is 0 Å². The molecular formula is C13H20N4O4. The van der Waals surface area contributed by atoms with E-state index in [1.54, 1.807) is 0 Å². The van der Waals surface area contributed by atoms with E-state index in [0.717, 1.165) is 30.6 Å². The summed E-state index contributed by atoms with van der Waals surface area (Å²) in [5, 5.41) is 5.00. The van der Waals surface area contributed by atoms with Gasteiger partial charge in [-0.05, 0) is 12.8 Å². The van der Waals surface area contributed by atoms with Gasteiger partial charge >= 0.3 is 6.03 Å². The fourth-order valence-corrected chi connectivity index (χ4v) is 2.70. The zero-order chi connectivity index (χ0) is 15.4. The fraction of sp³-hybridized carbons (Fsp3) is 0.692. The van der Waals surface area contributed by atoms with E-state index in [0.29, 0.717) is 0 Å². The average molecular weight is 296 g/mol. The number of hydrogen-bond donors (Lipinski definition) is 3. The molecule has 8 nitrogen and oxygen atoms in total. The van der Waals surface area contributed by atoms with E-state index < -0.39 is 29.8 Å². The number of nitrogens with zero attached hydrogens (tertiary/aromatic N) is 1. The molecule has 1 saturated carbocycles. The lowest BCUT2D eigenvalue weighted by molar-refractivity contribution is -0.135. The Morgan fingerprint density at radius 2 is 1.81 bits per heavy atom. The van der Waals surface area contributed by atoms with Gasteiger partial charge in [0.25, 0.3) is 5.91 Å². The Bertz CT molecular complexity index is 457. The van der Waals surface area contributed by atoms with Gasteiger partial charge in [0.15, 0.2) is 6.04 Å². The van der Waals surface area contributed by atoms with E-state index >= 15 is 0 Å². The fourth-order valence-electron chi connectivity index (χ4n) is 2.70. The standard InChI is InChI=1S/C13H20N4O4/c14-11(19)10-12(20)17(13(21)16-10)7-9(18)15-8-5-3-1-2-4-6-8/h8,10H,1-7H2,(H2,14,19)(H,15,18)(H,16,21). The Kier molecular flexibility index (Phi) is 4.77. The summed E-state index contributed by atoms with van der Waals surface area (Å²) in [4.78, 5) is 47.1. The predicted molar refractivity (Wildman–Crippen MR) is 72.9 cm³/mol. The molecule has 2 rings (SSSR count). The van der Waals surface area contributed by atoms with Crippen molar-refractivity contribution in [2.45, 2.75) is 50.6 Å². The Morgan fingerprint density at radius 1 is 1.19 bits per heavy atom. The summed E-state index contributed by atoms with van der Waals surface area (Å²) in [5.41, 5.74) is 5.01. The third kappa shape index (κ3) is 3.71. The number of imide groups is 1. The van der Waals surface area contributed by atoms with E-state index in [9.17, 15) is 19.2 Å². The highest BCUT2D eigenvalue weighted by Crippen LogP contribution is 2.17. The first-order chi connectivity index (χ1) is 9.99. The van der Waals surface area contributed by atoms with Crippen molar-refractivity contribution in [3.05, 3.63) is 0 Å². The molecule has 116 valence electrons. The van der Waals surface area contributed by atoms with E-state index in [1.807, 2.05) is 0 Å². The lowest BCUT2D eigenvalue weighted by Gasteiger charge is -2.18. The molecule has 1 saturated heterocycles. The largest absolute Gasteiger partial charge is 0.367 e. The second-order valence-electron chi connectivity index (χ2n) is 5.47. The zero-order valence-electron chi connectivity index (χ0n) is 11.8. The topological polar surface area (TPSA) is 122 Å². The summed E-state index contributed by atoms with van der Waals surface area (Å²) in [6.45, 7) is -0.384. The molecule has 0 radical (unpaired) electrons. The van der Waals surface area contributed by atoms with Crippen LogP contribution in [0.25, 0.3) is 0 Å². The molecule has 1 heterocycles. The maximum atomic E-state index is 11.9. The molecule has 2 aliphatic rings. The number of amides is 5. The van der Waals surface area contributed by atoms with Crippen LogP contribution in [0, 0.1) is 0 Å². The Morgan fingerprint density at radius 3 is 2.33 bits per heavy atom. The number of carbonyl (C=O) groups is 4. The number of rotatable bonds is 4. The lowest BCUT2D eigenvalue weighted by Crippen LogP contribution is -2.45. The minimum absolute atomic E-state index is 0.0905. The number of primary amides is 1. The monoisotopic (exact) mass is 296 g/mol.